The first-order chi connectivity index (χ1) is 12.9. The lowest BCUT2D eigenvalue weighted by Gasteiger charge is -2.30. The zero-order chi connectivity index (χ0) is 20.0. The number of carbonyl (C=O) groups is 2. The van der Waals surface area contributed by atoms with E-state index in [-0.39, 0.29) is 13.2 Å². The van der Waals surface area contributed by atoms with Gasteiger partial charge < -0.3 is 29.6 Å². The number of thiocarbonyl (C=S) groups is 1. The molecular weight excluding hydrogens is 372 g/mol. The van der Waals surface area contributed by atoms with Crippen molar-refractivity contribution in [1.82, 2.24) is 10.6 Å². The van der Waals surface area contributed by atoms with Crippen molar-refractivity contribution in [2.75, 3.05) is 27.4 Å². The van der Waals surface area contributed by atoms with Crippen LogP contribution in [0.2, 0.25) is 0 Å². The molecular formula is C18H22N2O6S. The third-order valence-corrected chi connectivity index (χ3v) is 4.07. The summed E-state index contributed by atoms with van der Waals surface area (Å²) in [6.45, 7) is 3.52. The largest absolute Gasteiger partial charge is 0.493 e. The van der Waals surface area contributed by atoms with Crippen molar-refractivity contribution >= 4 is 29.3 Å². The molecule has 0 radical (unpaired) electrons. The molecule has 0 fully saturated rings. The molecule has 0 amide bonds. The molecule has 1 aliphatic rings. The highest BCUT2D eigenvalue weighted by atomic mass is 32.1. The number of rotatable bonds is 7. The highest BCUT2D eigenvalue weighted by molar-refractivity contribution is 7.80. The molecule has 27 heavy (non-hydrogen) atoms. The van der Waals surface area contributed by atoms with Crippen molar-refractivity contribution in [1.29, 1.82) is 0 Å². The van der Waals surface area contributed by atoms with Gasteiger partial charge in [-0.2, -0.15) is 0 Å². The predicted molar refractivity (Wildman–Crippen MR) is 101 cm³/mol. The Morgan fingerprint density at radius 2 is 1.96 bits per heavy atom. The molecule has 1 heterocycles. The third-order valence-electron chi connectivity index (χ3n) is 3.85. The minimum absolute atomic E-state index is 0.231. The number of carbonyl (C=O) groups excluding carboxylic acids is 2. The van der Waals surface area contributed by atoms with Crippen LogP contribution in [0.3, 0.4) is 0 Å². The van der Waals surface area contributed by atoms with Crippen LogP contribution in [0.4, 0.5) is 0 Å². The van der Waals surface area contributed by atoms with Gasteiger partial charge in [-0.05, 0) is 43.8 Å². The molecule has 0 aliphatic carbocycles. The summed E-state index contributed by atoms with van der Waals surface area (Å²) in [7, 11) is 2.80. The molecule has 1 atom stereocenters. The second-order valence-electron chi connectivity index (χ2n) is 5.57. The fourth-order valence-corrected chi connectivity index (χ4v) is 2.92. The van der Waals surface area contributed by atoms with Gasteiger partial charge in [0.15, 0.2) is 23.2 Å². The van der Waals surface area contributed by atoms with E-state index in [1.165, 1.54) is 14.2 Å². The summed E-state index contributed by atoms with van der Waals surface area (Å²) in [6.07, 6.45) is 0. The average molecular weight is 394 g/mol. The molecule has 1 aromatic carbocycles. The monoisotopic (exact) mass is 394 g/mol. The first-order valence-corrected chi connectivity index (χ1v) is 8.65. The van der Waals surface area contributed by atoms with E-state index < -0.39 is 18.0 Å². The Hall–Kier alpha value is -2.81. The summed E-state index contributed by atoms with van der Waals surface area (Å²) in [5, 5.41) is 6.37. The van der Waals surface area contributed by atoms with E-state index in [9.17, 15) is 9.59 Å². The standard InChI is InChI=1S/C18H22N2O6S/c1-5-25-14(21)9-26-12-7-6-11(8-13(12)23-3)16-15(17(22)24-4)10(2)19-18(27)20-16/h6-8,16H,5,9H2,1-4H3,(H2,19,20,27)/t16-/m0/s1. The Morgan fingerprint density at radius 1 is 1.22 bits per heavy atom. The first kappa shape index (κ1) is 20.5. The van der Waals surface area contributed by atoms with Gasteiger partial charge >= 0.3 is 11.9 Å². The van der Waals surface area contributed by atoms with E-state index in [0.29, 0.717) is 27.9 Å². The molecule has 8 nitrogen and oxygen atoms in total. The fourth-order valence-electron chi connectivity index (χ4n) is 2.65. The van der Waals surface area contributed by atoms with Crippen LogP contribution in [0, 0.1) is 0 Å². The summed E-state index contributed by atoms with van der Waals surface area (Å²) < 4.78 is 20.5. The van der Waals surface area contributed by atoms with Crippen molar-refractivity contribution in [3.63, 3.8) is 0 Å². The van der Waals surface area contributed by atoms with Crippen LogP contribution in [0.25, 0.3) is 0 Å². The lowest BCUT2D eigenvalue weighted by Crippen LogP contribution is -2.45. The van der Waals surface area contributed by atoms with Gasteiger partial charge in [-0.15, -0.1) is 0 Å². The summed E-state index contributed by atoms with van der Waals surface area (Å²) in [6, 6.07) is 4.61. The van der Waals surface area contributed by atoms with Crippen molar-refractivity contribution in [3.8, 4) is 11.5 Å². The smallest absolute Gasteiger partial charge is 0.344 e. The van der Waals surface area contributed by atoms with E-state index in [1.54, 1.807) is 32.0 Å². The Bertz CT molecular complexity index is 777. The molecule has 0 spiro atoms. The maximum atomic E-state index is 12.2. The molecule has 0 saturated carbocycles. The number of ether oxygens (including phenoxy) is 4. The van der Waals surface area contributed by atoms with Gasteiger partial charge in [0, 0.05) is 5.70 Å². The maximum Gasteiger partial charge on any atom is 0.344 e. The Morgan fingerprint density at radius 3 is 2.59 bits per heavy atom. The lowest BCUT2D eigenvalue weighted by atomic mass is 9.95. The quantitative estimate of drug-likeness (QED) is 0.528. The normalized spacial score (nSPS) is 16.1. The molecule has 2 N–H and O–H groups in total. The zero-order valence-electron chi connectivity index (χ0n) is 15.6. The summed E-state index contributed by atoms with van der Waals surface area (Å²) in [5.74, 6) is -0.154. The maximum absolute atomic E-state index is 12.2. The molecule has 2 rings (SSSR count). The Labute approximate surface area is 162 Å². The third kappa shape index (κ3) is 4.88. The predicted octanol–water partition coefficient (Wildman–Crippen LogP) is 1.60. The van der Waals surface area contributed by atoms with E-state index in [4.69, 9.17) is 31.2 Å². The van der Waals surface area contributed by atoms with Gasteiger partial charge in [-0.1, -0.05) is 6.07 Å². The van der Waals surface area contributed by atoms with Crippen LogP contribution >= 0.6 is 12.2 Å². The van der Waals surface area contributed by atoms with E-state index in [0.717, 1.165) is 5.56 Å². The van der Waals surface area contributed by atoms with Gasteiger partial charge in [0.05, 0.1) is 32.4 Å². The van der Waals surface area contributed by atoms with Gasteiger partial charge in [0.25, 0.3) is 0 Å². The molecule has 146 valence electrons. The Kier molecular flexibility index (Phi) is 7.00. The van der Waals surface area contributed by atoms with Crippen molar-refractivity contribution in [3.05, 3.63) is 35.0 Å². The number of hydrogen-bond donors (Lipinski definition) is 2. The highest BCUT2D eigenvalue weighted by Gasteiger charge is 2.31. The van der Waals surface area contributed by atoms with Crippen molar-refractivity contribution in [2.45, 2.75) is 19.9 Å². The molecule has 0 saturated heterocycles. The van der Waals surface area contributed by atoms with Crippen LogP contribution < -0.4 is 20.1 Å². The number of methoxy groups -OCH3 is 2. The van der Waals surface area contributed by atoms with Gasteiger partial charge in [-0.25, -0.2) is 9.59 Å². The van der Waals surface area contributed by atoms with E-state index >= 15 is 0 Å². The molecule has 1 aromatic rings. The summed E-state index contributed by atoms with van der Waals surface area (Å²) >= 11 is 5.20. The lowest BCUT2D eigenvalue weighted by molar-refractivity contribution is -0.145. The number of hydrogen-bond acceptors (Lipinski definition) is 7. The molecule has 0 aromatic heterocycles. The highest BCUT2D eigenvalue weighted by Crippen LogP contribution is 2.34. The Balaban J connectivity index is 2.32. The van der Waals surface area contributed by atoms with Crippen molar-refractivity contribution < 1.29 is 28.5 Å². The zero-order valence-corrected chi connectivity index (χ0v) is 16.4. The van der Waals surface area contributed by atoms with Crippen LogP contribution in [0.15, 0.2) is 29.5 Å². The molecule has 9 heteroatoms. The second-order valence-corrected chi connectivity index (χ2v) is 5.97. The average Bonchev–Trinajstić information content (AvgIpc) is 2.65. The molecule has 0 unspecified atom stereocenters. The van der Waals surface area contributed by atoms with Crippen LogP contribution in [-0.2, 0) is 19.1 Å². The first-order valence-electron chi connectivity index (χ1n) is 8.24. The molecule has 0 bridgehead atoms. The van der Waals surface area contributed by atoms with Crippen LogP contribution in [-0.4, -0.2) is 44.5 Å². The second kappa shape index (κ2) is 9.22. The SMILES string of the molecule is CCOC(=O)COc1ccc([C@@H]2NC(=S)NC(C)=C2C(=O)OC)cc1OC. The number of nitrogens with one attached hydrogen (secondary N) is 2. The number of benzene rings is 1. The fraction of sp³-hybridized carbons (Fsp3) is 0.389. The van der Waals surface area contributed by atoms with E-state index in [2.05, 4.69) is 10.6 Å². The van der Waals surface area contributed by atoms with Crippen molar-refractivity contribution in [2.24, 2.45) is 0 Å². The topological polar surface area (TPSA) is 95.1 Å². The summed E-state index contributed by atoms with van der Waals surface area (Å²) in [5.41, 5.74) is 1.74. The number of allylic oxidation sites excluding steroid dienone is 1. The number of esters is 2. The van der Waals surface area contributed by atoms with E-state index in [1.807, 2.05) is 0 Å². The molecule has 1 aliphatic heterocycles. The summed E-state index contributed by atoms with van der Waals surface area (Å²) in [4.78, 5) is 23.7. The van der Waals surface area contributed by atoms with Gasteiger partial charge in [0.2, 0.25) is 0 Å². The minimum Gasteiger partial charge on any atom is -0.493 e. The van der Waals surface area contributed by atoms with Crippen LogP contribution in [0.5, 0.6) is 11.5 Å². The van der Waals surface area contributed by atoms with Gasteiger partial charge in [0.1, 0.15) is 0 Å². The van der Waals surface area contributed by atoms with Crippen LogP contribution in [0.1, 0.15) is 25.5 Å². The van der Waals surface area contributed by atoms with Gasteiger partial charge in [-0.3, -0.25) is 0 Å². The minimum atomic E-state index is -0.515.